The molecule has 0 aromatic heterocycles. The highest BCUT2D eigenvalue weighted by Gasteiger charge is 2.29. The lowest BCUT2D eigenvalue weighted by molar-refractivity contribution is -0.137. The van der Waals surface area contributed by atoms with Gasteiger partial charge in [-0.3, -0.25) is 4.79 Å². The summed E-state index contributed by atoms with van der Waals surface area (Å²) < 4.78 is 10.6. The van der Waals surface area contributed by atoms with Gasteiger partial charge in [-0.15, -0.1) is 0 Å². The average Bonchev–Trinajstić information content (AvgIpc) is 3.00. The summed E-state index contributed by atoms with van der Waals surface area (Å²) in [7, 11) is 3.54. The lowest BCUT2D eigenvalue weighted by Crippen LogP contribution is -2.44. The van der Waals surface area contributed by atoms with Crippen molar-refractivity contribution < 1.29 is 14.3 Å². The molecule has 4 nitrogen and oxygen atoms in total. The average molecular weight is 277 g/mol. The Morgan fingerprint density at radius 1 is 1.45 bits per heavy atom. The van der Waals surface area contributed by atoms with Crippen LogP contribution in [0.15, 0.2) is 30.3 Å². The number of benzene rings is 1. The summed E-state index contributed by atoms with van der Waals surface area (Å²) in [6.07, 6.45) is 1.64. The molecular formula is C16H23NO3. The first-order chi connectivity index (χ1) is 9.72. The number of hydrogen-bond donors (Lipinski definition) is 0. The minimum absolute atomic E-state index is 0.00938. The Bertz CT molecular complexity index is 415. The van der Waals surface area contributed by atoms with Crippen LogP contribution in [0.5, 0.6) is 0 Å². The van der Waals surface area contributed by atoms with Crippen LogP contribution in [0.25, 0.3) is 0 Å². The number of amides is 1. The third-order valence-corrected chi connectivity index (χ3v) is 3.85. The monoisotopic (exact) mass is 277 g/mol. The van der Waals surface area contributed by atoms with Gasteiger partial charge >= 0.3 is 0 Å². The van der Waals surface area contributed by atoms with Gasteiger partial charge in [0.15, 0.2) is 0 Å². The first kappa shape index (κ1) is 15.0. The maximum Gasteiger partial charge on any atom is 0.228 e. The number of likely N-dealkylation sites (N-methyl/N-ethyl adjacent to an activating group) is 1. The quantitative estimate of drug-likeness (QED) is 0.795. The molecule has 20 heavy (non-hydrogen) atoms. The Morgan fingerprint density at radius 2 is 2.20 bits per heavy atom. The van der Waals surface area contributed by atoms with Crippen LogP contribution in [-0.4, -0.2) is 50.8 Å². The number of methoxy groups -OCH3 is 1. The Hall–Kier alpha value is -1.39. The Morgan fingerprint density at radius 3 is 2.80 bits per heavy atom. The summed E-state index contributed by atoms with van der Waals surface area (Å²) in [5.74, 6) is 0.176. The molecule has 1 fully saturated rings. The van der Waals surface area contributed by atoms with Gasteiger partial charge in [-0.2, -0.15) is 0 Å². The first-order valence-electron chi connectivity index (χ1n) is 7.09. The molecule has 4 heteroatoms. The van der Waals surface area contributed by atoms with E-state index >= 15 is 0 Å². The Labute approximate surface area is 120 Å². The maximum atomic E-state index is 12.4. The van der Waals surface area contributed by atoms with Crippen molar-refractivity contribution in [2.75, 3.05) is 34.0 Å². The van der Waals surface area contributed by atoms with Gasteiger partial charge in [-0.25, -0.2) is 0 Å². The molecule has 0 aliphatic carbocycles. The highest BCUT2D eigenvalue weighted by molar-refractivity contribution is 5.79. The van der Waals surface area contributed by atoms with Crippen LogP contribution in [0.1, 0.15) is 12.0 Å². The molecule has 0 bridgehead atoms. The Kier molecular flexibility index (Phi) is 5.56. The van der Waals surface area contributed by atoms with Crippen molar-refractivity contribution in [2.45, 2.75) is 18.9 Å². The third-order valence-electron chi connectivity index (χ3n) is 3.85. The van der Waals surface area contributed by atoms with E-state index in [0.717, 1.165) is 12.8 Å². The maximum absolute atomic E-state index is 12.4. The van der Waals surface area contributed by atoms with Gasteiger partial charge in [0.25, 0.3) is 0 Å². The topological polar surface area (TPSA) is 38.8 Å². The number of rotatable bonds is 6. The number of carbonyl (C=O) groups excluding carboxylic acids is 1. The molecule has 1 heterocycles. The predicted octanol–water partition coefficient (Wildman–Crippen LogP) is 1.74. The summed E-state index contributed by atoms with van der Waals surface area (Å²) >= 11 is 0. The zero-order valence-corrected chi connectivity index (χ0v) is 12.2. The zero-order valence-electron chi connectivity index (χ0n) is 12.2. The summed E-state index contributed by atoms with van der Waals surface area (Å²) in [5.41, 5.74) is 1.22. The van der Waals surface area contributed by atoms with Crippen molar-refractivity contribution in [3.63, 3.8) is 0 Å². The lowest BCUT2D eigenvalue weighted by atomic mass is 10.0. The molecule has 2 atom stereocenters. The Balaban J connectivity index is 2.01. The fourth-order valence-electron chi connectivity index (χ4n) is 2.58. The van der Waals surface area contributed by atoms with Crippen LogP contribution in [-0.2, 0) is 20.7 Å². The van der Waals surface area contributed by atoms with E-state index in [1.165, 1.54) is 5.56 Å². The predicted molar refractivity (Wildman–Crippen MR) is 77.5 cm³/mol. The fourth-order valence-corrected chi connectivity index (χ4v) is 2.58. The molecule has 1 saturated heterocycles. The minimum atomic E-state index is 0.00938. The number of carbonyl (C=O) groups is 1. The largest absolute Gasteiger partial charge is 0.383 e. The molecule has 0 unspecified atom stereocenters. The van der Waals surface area contributed by atoms with Crippen molar-refractivity contribution in [1.82, 2.24) is 4.90 Å². The molecule has 1 aromatic rings. The van der Waals surface area contributed by atoms with Crippen molar-refractivity contribution in [3.05, 3.63) is 35.9 Å². The standard InChI is InChI=1S/C16H23NO3/c1-17(16(18)14-8-9-20-11-14)15(12-19-2)10-13-6-4-3-5-7-13/h3-7,14-15H,8-12H2,1-2H3/t14-,15-/m0/s1. The van der Waals surface area contributed by atoms with Crippen molar-refractivity contribution in [1.29, 1.82) is 0 Å². The number of hydrogen-bond acceptors (Lipinski definition) is 3. The normalized spacial score (nSPS) is 19.8. The fraction of sp³-hybridized carbons (Fsp3) is 0.562. The van der Waals surface area contributed by atoms with Crippen molar-refractivity contribution in [3.8, 4) is 0 Å². The van der Waals surface area contributed by atoms with E-state index < -0.39 is 0 Å². The van der Waals surface area contributed by atoms with Gasteiger partial charge in [-0.05, 0) is 18.4 Å². The van der Waals surface area contributed by atoms with E-state index in [-0.39, 0.29) is 17.9 Å². The zero-order chi connectivity index (χ0) is 14.4. The molecule has 0 saturated carbocycles. The second-order valence-electron chi connectivity index (χ2n) is 5.31. The van der Waals surface area contributed by atoms with E-state index in [9.17, 15) is 4.79 Å². The molecule has 1 aromatic carbocycles. The SMILES string of the molecule is COC[C@H](Cc1ccccc1)N(C)C(=O)[C@H]1CCOC1. The highest BCUT2D eigenvalue weighted by Crippen LogP contribution is 2.18. The smallest absolute Gasteiger partial charge is 0.228 e. The van der Waals surface area contributed by atoms with Crippen LogP contribution < -0.4 is 0 Å². The second kappa shape index (κ2) is 7.41. The van der Waals surface area contributed by atoms with E-state index in [0.29, 0.717) is 19.8 Å². The third kappa shape index (κ3) is 3.81. The van der Waals surface area contributed by atoms with Gasteiger partial charge in [0, 0.05) is 20.8 Å². The summed E-state index contributed by atoms with van der Waals surface area (Å²) in [6.45, 7) is 1.79. The summed E-state index contributed by atoms with van der Waals surface area (Å²) in [4.78, 5) is 14.3. The van der Waals surface area contributed by atoms with Crippen LogP contribution in [0.2, 0.25) is 0 Å². The van der Waals surface area contributed by atoms with Gasteiger partial charge in [0.1, 0.15) is 0 Å². The minimum Gasteiger partial charge on any atom is -0.383 e. The number of ether oxygens (including phenoxy) is 2. The van der Waals surface area contributed by atoms with E-state index in [1.807, 2.05) is 30.1 Å². The molecular weight excluding hydrogens is 254 g/mol. The van der Waals surface area contributed by atoms with Gasteiger partial charge in [0.2, 0.25) is 5.91 Å². The second-order valence-corrected chi connectivity index (χ2v) is 5.31. The van der Waals surface area contributed by atoms with Crippen LogP contribution in [0.4, 0.5) is 0 Å². The van der Waals surface area contributed by atoms with Crippen molar-refractivity contribution in [2.24, 2.45) is 5.92 Å². The van der Waals surface area contributed by atoms with Crippen LogP contribution >= 0.6 is 0 Å². The lowest BCUT2D eigenvalue weighted by Gasteiger charge is -2.29. The molecule has 1 aliphatic rings. The number of nitrogens with zero attached hydrogens (tertiary/aromatic N) is 1. The highest BCUT2D eigenvalue weighted by atomic mass is 16.5. The first-order valence-corrected chi connectivity index (χ1v) is 7.09. The van der Waals surface area contributed by atoms with E-state index in [1.54, 1.807) is 7.11 Å². The van der Waals surface area contributed by atoms with E-state index in [2.05, 4.69) is 12.1 Å². The van der Waals surface area contributed by atoms with E-state index in [4.69, 9.17) is 9.47 Å². The van der Waals surface area contributed by atoms with Crippen molar-refractivity contribution >= 4 is 5.91 Å². The molecule has 0 spiro atoms. The van der Waals surface area contributed by atoms with Gasteiger partial charge in [0.05, 0.1) is 25.2 Å². The summed E-state index contributed by atoms with van der Waals surface area (Å²) in [5, 5.41) is 0. The molecule has 1 amide bonds. The summed E-state index contributed by atoms with van der Waals surface area (Å²) in [6, 6.07) is 10.3. The van der Waals surface area contributed by atoms with Crippen LogP contribution in [0.3, 0.4) is 0 Å². The van der Waals surface area contributed by atoms with Crippen LogP contribution in [0, 0.1) is 5.92 Å². The molecule has 0 N–H and O–H groups in total. The molecule has 1 aliphatic heterocycles. The van der Waals surface area contributed by atoms with Gasteiger partial charge in [-0.1, -0.05) is 30.3 Å². The molecule has 0 radical (unpaired) electrons. The van der Waals surface area contributed by atoms with Gasteiger partial charge < -0.3 is 14.4 Å². The molecule has 2 rings (SSSR count). The molecule has 110 valence electrons.